The monoisotopic (exact) mass is 431 g/mol. The van der Waals surface area contributed by atoms with Crippen LogP contribution in [0.1, 0.15) is 37.3 Å². The van der Waals surface area contributed by atoms with Crippen molar-refractivity contribution in [2.24, 2.45) is 0 Å². The third-order valence-electron chi connectivity index (χ3n) is 5.13. The first-order valence-corrected chi connectivity index (χ1v) is 10.1. The minimum atomic E-state index is 0. The number of hydrogen-bond donors (Lipinski definition) is 1. The first-order valence-electron chi connectivity index (χ1n) is 10.1. The van der Waals surface area contributed by atoms with Crippen LogP contribution in [-0.4, -0.2) is 45.1 Å². The van der Waals surface area contributed by atoms with Crippen LogP contribution in [0.4, 0.5) is 0 Å². The van der Waals surface area contributed by atoms with Gasteiger partial charge in [-0.15, -0.1) is 12.4 Å². The van der Waals surface area contributed by atoms with E-state index in [0.717, 1.165) is 38.0 Å². The van der Waals surface area contributed by atoms with E-state index in [0.29, 0.717) is 36.9 Å². The highest BCUT2D eigenvalue weighted by atomic mass is 35.5. The lowest BCUT2D eigenvalue weighted by atomic mass is 10.1. The van der Waals surface area contributed by atoms with Crippen molar-refractivity contribution in [3.8, 4) is 11.6 Å². The average Bonchev–Trinajstić information content (AvgIpc) is 3.38. The molecule has 4 rings (SSSR count). The van der Waals surface area contributed by atoms with E-state index in [-0.39, 0.29) is 24.4 Å². The smallest absolute Gasteiger partial charge is 0.238 e. The van der Waals surface area contributed by atoms with Gasteiger partial charge in [0.1, 0.15) is 0 Å². The number of pyridine rings is 1. The molecule has 1 aliphatic rings. The third-order valence-corrected chi connectivity index (χ3v) is 5.13. The van der Waals surface area contributed by atoms with Gasteiger partial charge in [0.15, 0.2) is 5.76 Å². The summed E-state index contributed by atoms with van der Waals surface area (Å²) in [7, 11) is 0. The molecule has 0 bridgehead atoms. The lowest BCUT2D eigenvalue weighted by Crippen LogP contribution is -2.40. The Morgan fingerprint density at radius 1 is 1.20 bits per heavy atom. The molecule has 3 aromatic heterocycles. The van der Waals surface area contributed by atoms with Crippen LogP contribution in [0.5, 0.6) is 0 Å². The Labute approximate surface area is 181 Å². The van der Waals surface area contributed by atoms with Crippen molar-refractivity contribution in [3.63, 3.8) is 0 Å². The predicted octanol–water partition coefficient (Wildman–Crippen LogP) is 3.25. The molecule has 1 N–H and O–H groups in total. The summed E-state index contributed by atoms with van der Waals surface area (Å²) in [5, 5.41) is 7.34. The van der Waals surface area contributed by atoms with Gasteiger partial charge in [0.25, 0.3) is 0 Å². The van der Waals surface area contributed by atoms with E-state index in [4.69, 9.17) is 8.94 Å². The van der Waals surface area contributed by atoms with Crippen LogP contribution in [0.2, 0.25) is 0 Å². The Kier molecular flexibility index (Phi) is 7.98. The fourth-order valence-corrected chi connectivity index (χ4v) is 3.62. The number of carbonyl (C=O) groups is 1. The van der Waals surface area contributed by atoms with E-state index < -0.39 is 0 Å². The van der Waals surface area contributed by atoms with Crippen molar-refractivity contribution in [2.75, 3.05) is 13.1 Å². The van der Waals surface area contributed by atoms with Crippen LogP contribution in [0.25, 0.3) is 11.6 Å². The summed E-state index contributed by atoms with van der Waals surface area (Å²) in [6.07, 6.45) is 7.05. The predicted molar refractivity (Wildman–Crippen MR) is 113 cm³/mol. The third kappa shape index (κ3) is 5.67. The Balaban J connectivity index is 0.00000256. The number of nitrogens with zero attached hydrogens (tertiary/aromatic N) is 4. The summed E-state index contributed by atoms with van der Waals surface area (Å²) in [5.41, 5.74) is 0.899. The van der Waals surface area contributed by atoms with Crippen LogP contribution in [0, 0.1) is 0 Å². The van der Waals surface area contributed by atoms with Crippen molar-refractivity contribution in [3.05, 3.63) is 54.4 Å². The number of rotatable bonds is 7. The summed E-state index contributed by atoms with van der Waals surface area (Å²) in [4.78, 5) is 23.8. The Morgan fingerprint density at radius 2 is 2.13 bits per heavy atom. The zero-order valence-corrected chi connectivity index (χ0v) is 17.5. The van der Waals surface area contributed by atoms with Crippen LogP contribution in [0.15, 0.2) is 51.7 Å². The summed E-state index contributed by atoms with van der Waals surface area (Å²) in [6.45, 7) is 2.44. The number of amides is 1. The Bertz CT molecular complexity index is 893. The second-order valence-electron chi connectivity index (χ2n) is 7.17. The molecule has 1 amide bonds. The van der Waals surface area contributed by atoms with Gasteiger partial charge in [-0.1, -0.05) is 11.2 Å². The first kappa shape index (κ1) is 22.0. The van der Waals surface area contributed by atoms with Gasteiger partial charge >= 0.3 is 0 Å². The highest BCUT2D eigenvalue weighted by molar-refractivity contribution is 5.85. The molecule has 8 nitrogen and oxygen atoms in total. The number of aryl methyl sites for hydroxylation is 1. The molecule has 9 heteroatoms. The summed E-state index contributed by atoms with van der Waals surface area (Å²) < 4.78 is 10.6. The van der Waals surface area contributed by atoms with E-state index in [2.05, 4.69) is 20.4 Å². The number of aromatic nitrogens is 3. The maximum Gasteiger partial charge on any atom is 0.238 e. The topological polar surface area (TPSA) is 97.3 Å². The van der Waals surface area contributed by atoms with Crippen molar-refractivity contribution < 1.29 is 13.7 Å². The fraction of sp³-hybridized carbons (Fsp3) is 0.429. The Hall–Kier alpha value is -2.71. The quantitative estimate of drug-likeness (QED) is 0.613. The highest BCUT2D eigenvalue weighted by Gasteiger charge is 2.25. The SMILES string of the molecule is Cl.O=C(CCc1nc(-c2ccco2)no1)N(Cc1ccccn1)C1CCCNCC1. The van der Waals surface area contributed by atoms with Crippen molar-refractivity contribution in [2.45, 2.75) is 44.7 Å². The highest BCUT2D eigenvalue weighted by Crippen LogP contribution is 2.19. The van der Waals surface area contributed by atoms with E-state index in [1.54, 1.807) is 24.6 Å². The average molecular weight is 432 g/mol. The van der Waals surface area contributed by atoms with Crippen molar-refractivity contribution in [1.29, 1.82) is 0 Å². The minimum absolute atomic E-state index is 0. The van der Waals surface area contributed by atoms with E-state index in [9.17, 15) is 4.79 Å². The van der Waals surface area contributed by atoms with Gasteiger partial charge in [0, 0.05) is 25.1 Å². The molecule has 0 radical (unpaired) electrons. The molecule has 160 valence electrons. The molecule has 0 aromatic carbocycles. The van der Waals surface area contributed by atoms with Gasteiger partial charge in [-0.2, -0.15) is 4.98 Å². The zero-order valence-electron chi connectivity index (χ0n) is 16.7. The standard InChI is InChI=1S/C21H25N5O3.ClH/c27-20(9-8-19-24-21(25-29-19)18-7-4-14-28-18)26(15-16-5-1-2-12-23-16)17-6-3-11-22-13-10-17;/h1-2,4-5,7,12,14,17,22H,3,6,8-11,13,15H2;1H. The van der Waals surface area contributed by atoms with E-state index in [1.165, 1.54) is 0 Å². The number of nitrogens with one attached hydrogen (secondary N) is 1. The molecule has 1 aliphatic heterocycles. The first-order chi connectivity index (χ1) is 14.3. The summed E-state index contributed by atoms with van der Waals surface area (Å²) in [5.74, 6) is 1.47. The minimum Gasteiger partial charge on any atom is -0.461 e. The summed E-state index contributed by atoms with van der Waals surface area (Å²) >= 11 is 0. The molecule has 30 heavy (non-hydrogen) atoms. The van der Waals surface area contributed by atoms with Gasteiger partial charge in [-0.25, -0.2) is 0 Å². The van der Waals surface area contributed by atoms with E-state index in [1.807, 2.05) is 23.1 Å². The number of furan rings is 1. The normalized spacial score (nSPS) is 16.5. The molecule has 3 aromatic rings. The van der Waals surface area contributed by atoms with Gasteiger partial charge < -0.3 is 19.2 Å². The van der Waals surface area contributed by atoms with Crippen LogP contribution >= 0.6 is 12.4 Å². The van der Waals surface area contributed by atoms with Crippen LogP contribution in [-0.2, 0) is 17.8 Å². The lowest BCUT2D eigenvalue weighted by Gasteiger charge is -2.31. The van der Waals surface area contributed by atoms with Crippen LogP contribution in [0.3, 0.4) is 0 Å². The van der Waals surface area contributed by atoms with Gasteiger partial charge in [-0.05, 0) is 56.6 Å². The number of hydrogen-bond acceptors (Lipinski definition) is 7. The molecule has 0 spiro atoms. The second-order valence-corrected chi connectivity index (χ2v) is 7.17. The molecule has 0 saturated carbocycles. The number of carbonyl (C=O) groups excluding carboxylic acids is 1. The van der Waals surface area contributed by atoms with Gasteiger partial charge in [0.2, 0.25) is 17.6 Å². The maximum absolute atomic E-state index is 13.1. The van der Waals surface area contributed by atoms with Crippen molar-refractivity contribution >= 4 is 18.3 Å². The van der Waals surface area contributed by atoms with Crippen molar-refractivity contribution in [1.82, 2.24) is 25.3 Å². The zero-order chi connectivity index (χ0) is 19.9. The molecular formula is C21H26ClN5O3. The largest absolute Gasteiger partial charge is 0.461 e. The second kappa shape index (κ2) is 10.9. The maximum atomic E-state index is 13.1. The van der Waals surface area contributed by atoms with E-state index >= 15 is 0 Å². The molecule has 0 aliphatic carbocycles. The molecule has 1 atom stereocenters. The molecule has 1 unspecified atom stereocenters. The summed E-state index contributed by atoms with van der Waals surface area (Å²) in [6, 6.07) is 9.55. The molecular weight excluding hydrogens is 406 g/mol. The van der Waals surface area contributed by atoms with Gasteiger partial charge in [-0.3, -0.25) is 9.78 Å². The van der Waals surface area contributed by atoms with Gasteiger partial charge in [0.05, 0.1) is 18.5 Å². The number of halogens is 1. The molecule has 1 saturated heterocycles. The lowest BCUT2D eigenvalue weighted by molar-refractivity contribution is -0.134. The molecule has 1 fully saturated rings. The van der Waals surface area contributed by atoms with Crippen LogP contribution < -0.4 is 5.32 Å². The Morgan fingerprint density at radius 3 is 2.93 bits per heavy atom. The molecule has 4 heterocycles. The fourth-order valence-electron chi connectivity index (χ4n) is 3.62.